The Balaban J connectivity index is 1.46. The maximum absolute atomic E-state index is 14.6. The second kappa shape index (κ2) is 9.56. The number of benzene rings is 1. The maximum atomic E-state index is 14.6. The molecule has 2 aliphatic rings. The lowest BCUT2D eigenvalue weighted by molar-refractivity contribution is 0.0140. The molecule has 9 heteroatoms. The van der Waals surface area contributed by atoms with Gasteiger partial charge >= 0.3 is 6.09 Å². The molecule has 0 bridgehead atoms. The Morgan fingerprint density at radius 2 is 1.71 bits per heavy atom. The zero-order valence-electron chi connectivity index (χ0n) is 19.9. The minimum Gasteiger partial charge on any atom is -0.444 e. The number of amides is 2. The average molecular weight is 471 g/mol. The largest absolute Gasteiger partial charge is 0.444 e. The van der Waals surface area contributed by atoms with Crippen molar-refractivity contribution in [3.8, 4) is 0 Å². The molecule has 1 fully saturated rings. The van der Waals surface area contributed by atoms with Crippen LogP contribution in [-0.4, -0.2) is 63.8 Å². The van der Waals surface area contributed by atoms with E-state index in [9.17, 15) is 18.8 Å². The summed E-state index contributed by atoms with van der Waals surface area (Å²) in [5, 5.41) is 6.83. The number of nitrogens with zero attached hydrogens (tertiary/aromatic N) is 3. The molecule has 1 aromatic heterocycles. The molecule has 182 valence electrons. The minimum atomic E-state index is -0.590. The number of ether oxygens (including phenoxy) is 1. The minimum absolute atomic E-state index is 0.00140. The highest BCUT2D eigenvalue weighted by molar-refractivity contribution is 5.95. The smallest absolute Gasteiger partial charge is 0.410 e. The summed E-state index contributed by atoms with van der Waals surface area (Å²) in [6.45, 7) is 6.68. The van der Waals surface area contributed by atoms with E-state index in [1.54, 1.807) is 42.7 Å². The first-order valence-electron chi connectivity index (χ1n) is 11.8. The number of aromatic amines is 1. The molecule has 2 amide bonds. The number of piperazine rings is 1. The van der Waals surface area contributed by atoms with Crippen molar-refractivity contribution < 1.29 is 18.7 Å². The summed E-state index contributed by atoms with van der Waals surface area (Å²) in [5.41, 5.74) is 2.56. The Kier molecular flexibility index (Phi) is 6.72. The van der Waals surface area contributed by atoms with E-state index >= 15 is 0 Å². The van der Waals surface area contributed by atoms with Gasteiger partial charge in [-0.05, 0) is 69.7 Å². The molecule has 0 unspecified atom stereocenters. The molecule has 0 spiro atoms. The van der Waals surface area contributed by atoms with Crippen LogP contribution in [-0.2, 0) is 24.0 Å². The van der Waals surface area contributed by atoms with Crippen molar-refractivity contribution in [3.05, 3.63) is 62.3 Å². The Hall–Kier alpha value is -3.23. The second-order valence-electron chi connectivity index (χ2n) is 9.91. The summed E-state index contributed by atoms with van der Waals surface area (Å²) in [5.74, 6) is -0.987. The molecular weight excluding hydrogens is 439 g/mol. The van der Waals surface area contributed by atoms with Crippen molar-refractivity contribution in [2.45, 2.75) is 58.5 Å². The average Bonchev–Trinajstić information content (AvgIpc) is 2.81. The standard InChI is InChI=1S/C25H31FN4O4/c1-25(2,3)34-24(33)30-12-10-29(11-13-30)23(32)19-14-16(8-9-20(19)26)15-21-17-6-4-5-7-18(17)22(31)28-27-21/h8-9,14H,4-7,10-13,15H2,1-3H3,(H,28,31). The van der Waals surface area contributed by atoms with Gasteiger partial charge in [-0.25, -0.2) is 14.3 Å². The lowest BCUT2D eigenvalue weighted by atomic mass is 9.90. The van der Waals surface area contributed by atoms with Gasteiger partial charge in [0, 0.05) is 38.2 Å². The van der Waals surface area contributed by atoms with Crippen molar-refractivity contribution in [1.82, 2.24) is 20.0 Å². The predicted molar refractivity (Wildman–Crippen MR) is 124 cm³/mol. The Bertz CT molecular complexity index is 1150. The summed E-state index contributed by atoms with van der Waals surface area (Å²) in [6, 6.07) is 4.52. The van der Waals surface area contributed by atoms with Crippen LogP contribution in [0.2, 0.25) is 0 Å². The van der Waals surface area contributed by atoms with Crippen molar-refractivity contribution >= 4 is 12.0 Å². The van der Waals surface area contributed by atoms with E-state index in [0.29, 0.717) is 32.6 Å². The van der Waals surface area contributed by atoms with E-state index in [2.05, 4.69) is 10.2 Å². The first-order chi connectivity index (χ1) is 16.1. The van der Waals surface area contributed by atoms with Crippen LogP contribution in [0.4, 0.5) is 9.18 Å². The number of carbonyl (C=O) groups is 2. The van der Waals surface area contributed by atoms with Crippen LogP contribution in [0, 0.1) is 5.82 Å². The van der Waals surface area contributed by atoms with Crippen molar-refractivity contribution in [1.29, 1.82) is 0 Å². The zero-order valence-corrected chi connectivity index (χ0v) is 19.9. The quantitative estimate of drug-likeness (QED) is 0.744. The van der Waals surface area contributed by atoms with Gasteiger partial charge in [-0.1, -0.05) is 6.07 Å². The first kappa shape index (κ1) is 23.9. The van der Waals surface area contributed by atoms with Crippen LogP contribution in [0.1, 0.15) is 66.4 Å². The molecule has 2 heterocycles. The van der Waals surface area contributed by atoms with Crippen molar-refractivity contribution in [2.24, 2.45) is 0 Å². The number of fused-ring (bicyclic) bond motifs is 1. The third-order valence-electron chi connectivity index (χ3n) is 6.23. The molecule has 1 aromatic carbocycles. The first-order valence-corrected chi connectivity index (χ1v) is 11.8. The van der Waals surface area contributed by atoms with E-state index < -0.39 is 23.4 Å². The molecule has 2 aromatic rings. The van der Waals surface area contributed by atoms with Crippen molar-refractivity contribution in [2.75, 3.05) is 26.2 Å². The van der Waals surface area contributed by atoms with Gasteiger partial charge in [0.15, 0.2) is 0 Å². The van der Waals surface area contributed by atoms with Gasteiger partial charge in [0.25, 0.3) is 11.5 Å². The Labute approximate surface area is 198 Å². The van der Waals surface area contributed by atoms with Crippen LogP contribution >= 0.6 is 0 Å². The molecule has 34 heavy (non-hydrogen) atoms. The number of hydrogen-bond acceptors (Lipinski definition) is 5. The molecular formula is C25H31FN4O4. The molecule has 8 nitrogen and oxygen atoms in total. The van der Waals surface area contributed by atoms with Crippen LogP contribution < -0.4 is 5.56 Å². The van der Waals surface area contributed by atoms with Crippen molar-refractivity contribution in [3.63, 3.8) is 0 Å². The van der Waals surface area contributed by atoms with Gasteiger partial charge in [0.05, 0.1) is 11.3 Å². The van der Waals surface area contributed by atoms with Crippen LogP contribution in [0.25, 0.3) is 0 Å². The fourth-order valence-corrected chi connectivity index (χ4v) is 4.50. The predicted octanol–water partition coefficient (Wildman–Crippen LogP) is 3.07. The SMILES string of the molecule is CC(C)(C)OC(=O)N1CCN(C(=O)c2cc(Cc3n[nH]c(=O)c4c3CCCC4)ccc2F)CC1. The highest BCUT2D eigenvalue weighted by Crippen LogP contribution is 2.23. The highest BCUT2D eigenvalue weighted by Gasteiger charge is 2.29. The third-order valence-corrected chi connectivity index (χ3v) is 6.23. The summed E-state index contributed by atoms with van der Waals surface area (Å²) < 4.78 is 20.0. The van der Waals surface area contributed by atoms with Gasteiger partial charge in [0.1, 0.15) is 11.4 Å². The molecule has 1 saturated heterocycles. The molecule has 1 aliphatic carbocycles. The topological polar surface area (TPSA) is 95.6 Å². The van der Waals surface area contributed by atoms with Crippen LogP contribution in [0.5, 0.6) is 0 Å². The van der Waals surface area contributed by atoms with Gasteiger partial charge in [-0.3, -0.25) is 9.59 Å². The van der Waals surface area contributed by atoms with E-state index in [-0.39, 0.29) is 11.1 Å². The summed E-state index contributed by atoms with van der Waals surface area (Å²) >= 11 is 0. The highest BCUT2D eigenvalue weighted by atomic mass is 19.1. The van der Waals surface area contributed by atoms with E-state index in [1.807, 2.05) is 0 Å². The molecule has 1 N–H and O–H groups in total. The van der Waals surface area contributed by atoms with E-state index in [1.165, 1.54) is 6.07 Å². The lowest BCUT2D eigenvalue weighted by Gasteiger charge is -2.35. The summed E-state index contributed by atoms with van der Waals surface area (Å²) in [7, 11) is 0. The maximum Gasteiger partial charge on any atom is 0.410 e. The van der Waals surface area contributed by atoms with E-state index in [0.717, 1.165) is 48.1 Å². The normalized spacial score (nSPS) is 16.2. The third kappa shape index (κ3) is 5.29. The number of rotatable bonds is 3. The number of H-pyrrole nitrogens is 1. The molecule has 0 atom stereocenters. The molecule has 0 radical (unpaired) electrons. The number of halogens is 1. The lowest BCUT2D eigenvalue weighted by Crippen LogP contribution is -2.51. The monoisotopic (exact) mass is 470 g/mol. The second-order valence-corrected chi connectivity index (χ2v) is 9.91. The van der Waals surface area contributed by atoms with Gasteiger partial charge < -0.3 is 14.5 Å². The number of hydrogen-bond donors (Lipinski definition) is 1. The van der Waals surface area contributed by atoms with Crippen LogP contribution in [0.3, 0.4) is 0 Å². The molecule has 0 saturated carbocycles. The number of carbonyl (C=O) groups excluding carboxylic acids is 2. The fourth-order valence-electron chi connectivity index (χ4n) is 4.50. The fraction of sp³-hybridized carbons (Fsp3) is 0.520. The van der Waals surface area contributed by atoms with Gasteiger partial charge in [-0.15, -0.1) is 0 Å². The number of nitrogens with one attached hydrogen (secondary N) is 1. The van der Waals surface area contributed by atoms with Crippen LogP contribution in [0.15, 0.2) is 23.0 Å². The van der Waals surface area contributed by atoms with Gasteiger partial charge in [0.2, 0.25) is 0 Å². The zero-order chi connectivity index (χ0) is 24.5. The Morgan fingerprint density at radius 1 is 1.06 bits per heavy atom. The molecule has 4 rings (SSSR count). The Morgan fingerprint density at radius 3 is 2.38 bits per heavy atom. The summed E-state index contributed by atoms with van der Waals surface area (Å²) in [4.78, 5) is 40.6. The molecule has 1 aliphatic heterocycles. The number of aromatic nitrogens is 2. The summed E-state index contributed by atoms with van der Waals surface area (Å²) in [6.07, 6.45) is 3.53. The van der Waals surface area contributed by atoms with Gasteiger partial charge in [-0.2, -0.15) is 5.10 Å². The van der Waals surface area contributed by atoms with E-state index in [4.69, 9.17) is 4.74 Å².